The molecule has 0 bridgehead atoms. The molecule has 0 aromatic carbocycles. The number of hydrogen-bond donors (Lipinski definition) is 3. The van der Waals surface area contributed by atoms with Crippen molar-refractivity contribution in [3.8, 4) is 0 Å². The standard InChI is InChI=1S/C18H36O2.2C18H32O2/c3*1-2-3-4-5-6-7-8-9-10-11-12-13-14-15-16-17-18(19)20/h2-17H2,1H3,(H,19,20);2*6-7,9-10H,2-5,8,11-17H2,1H3,(H,19,20). The Labute approximate surface area is 372 Å². The summed E-state index contributed by atoms with van der Waals surface area (Å²) in [5, 5.41) is 25.5. The molecule has 0 atom stereocenters. The lowest BCUT2D eigenvalue weighted by Gasteiger charge is -2.03. The summed E-state index contributed by atoms with van der Waals surface area (Å²) >= 11 is 0. The zero-order valence-electron chi connectivity index (χ0n) is 40.0. The first-order chi connectivity index (χ1) is 29.3. The molecule has 6 heteroatoms. The van der Waals surface area contributed by atoms with E-state index in [1.54, 1.807) is 0 Å². The minimum atomic E-state index is -0.671. The number of carboxylic acids is 3. The Hall–Kier alpha value is -2.63. The molecule has 0 rings (SSSR count). The highest BCUT2D eigenvalue weighted by molar-refractivity contribution is 5.67. The van der Waals surface area contributed by atoms with Gasteiger partial charge in [0, 0.05) is 19.3 Å². The molecule has 0 aliphatic rings. The molecule has 0 aromatic heterocycles. The maximum absolute atomic E-state index is 10.3. The molecule has 6 nitrogen and oxygen atoms in total. The zero-order chi connectivity index (χ0) is 44.7. The van der Waals surface area contributed by atoms with Crippen LogP contribution < -0.4 is 0 Å². The number of allylic oxidation sites excluding steroid dienone is 8. The molecular formula is C54H100O6. The maximum Gasteiger partial charge on any atom is 0.303 e. The van der Waals surface area contributed by atoms with Gasteiger partial charge in [0.2, 0.25) is 0 Å². The summed E-state index contributed by atoms with van der Waals surface area (Å²) in [6.45, 7) is 6.74. The molecule has 0 unspecified atom stereocenters. The Morgan fingerprint density at radius 2 is 0.450 bits per heavy atom. The Bertz CT molecular complexity index is 925. The van der Waals surface area contributed by atoms with Gasteiger partial charge in [-0.2, -0.15) is 0 Å². The second-order valence-electron chi connectivity index (χ2n) is 16.8. The van der Waals surface area contributed by atoms with Gasteiger partial charge in [-0.05, 0) is 83.5 Å². The SMILES string of the molecule is CCCCCC=CCC=CCCCCCCCC(=O)O.CCCCCC=CCC=CCCCCCCCC(=O)O.CCCCCCCCCCCCCCCCCC(=O)O. The van der Waals surface area contributed by atoms with E-state index < -0.39 is 17.9 Å². The van der Waals surface area contributed by atoms with Crippen LogP contribution in [0.25, 0.3) is 0 Å². The Kier molecular flexibility index (Phi) is 60.1. The van der Waals surface area contributed by atoms with E-state index in [0.29, 0.717) is 19.3 Å². The monoisotopic (exact) mass is 845 g/mol. The molecule has 0 fully saturated rings. The topological polar surface area (TPSA) is 112 Å². The smallest absolute Gasteiger partial charge is 0.303 e. The second kappa shape index (κ2) is 58.5. The van der Waals surface area contributed by atoms with Gasteiger partial charge < -0.3 is 15.3 Å². The predicted octanol–water partition coefficient (Wildman–Crippen LogP) is 18.1. The van der Waals surface area contributed by atoms with Crippen LogP contribution in [0, 0.1) is 0 Å². The summed E-state index contributed by atoms with van der Waals surface area (Å²) in [4.78, 5) is 31.0. The van der Waals surface area contributed by atoms with Gasteiger partial charge in [0.1, 0.15) is 0 Å². The number of hydrogen-bond acceptors (Lipinski definition) is 3. The van der Waals surface area contributed by atoms with E-state index in [0.717, 1.165) is 64.2 Å². The van der Waals surface area contributed by atoms with Crippen LogP contribution in [0.5, 0.6) is 0 Å². The van der Waals surface area contributed by atoms with Gasteiger partial charge in [-0.25, -0.2) is 0 Å². The summed E-state index contributed by atoms with van der Waals surface area (Å²) in [5.41, 5.74) is 0. The van der Waals surface area contributed by atoms with Crippen molar-refractivity contribution >= 4 is 17.9 Å². The minimum Gasteiger partial charge on any atom is -0.481 e. The number of carboxylic acid groups (broad SMARTS) is 3. The van der Waals surface area contributed by atoms with E-state index in [1.807, 2.05) is 0 Å². The van der Waals surface area contributed by atoms with Crippen LogP contribution in [0.2, 0.25) is 0 Å². The second-order valence-corrected chi connectivity index (χ2v) is 16.8. The highest BCUT2D eigenvalue weighted by Crippen LogP contribution is 2.14. The third kappa shape index (κ3) is 70.0. The predicted molar refractivity (Wildman–Crippen MR) is 261 cm³/mol. The van der Waals surface area contributed by atoms with Crippen molar-refractivity contribution in [2.45, 2.75) is 278 Å². The first-order valence-corrected chi connectivity index (χ1v) is 25.6. The Balaban J connectivity index is -0.000000812. The molecule has 0 aromatic rings. The summed E-state index contributed by atoms with van der Waals surface area (Å²) in [7, 11) is 0. The maximum atomic E-state index is 10.3. The lowest BCUT2D eigenvalue weighted by atomic mass is 10.0. The van der Waals surface area contributed by atoms with E-state index in [9.17, 15) is 14.4 Å². The van der Waals surface area contributed by atoms with Crippen molar-refractivity contribution in [1.82, 2.24) is 0 Å². The number of unbranched alkanes of at least 4 members (excludes halogenated alkanes) is 30. The minimum absolute atomic E-state index is 0.324. The largest absolute Gasteiger partial charge is 0.481 e. The van der Waals surface area contributed by atoms with Crippen LogP contribution in [0.1, 0.15) is 278 Å². The fraction of sp³-hybridized carbons (Fsp3) is 0.796. The molecule has 0 spiro atoms. The first-order valence-electron chi connectivity index (χ1n) is 25.6. The molecule has 3 N–H and O–H groups in total. The third-order valence-electron chi connectivity index (χ3n) is 10.7. The van der Waals surface area contributed by atoms with Crippen molar-refractivity contribution in [2.24, 2.45) is 0 Å². The van der Waals surface area contributed by atoms with Crippen LogP contribution in [-0.4, -0.2) is 33.2 Å². The molecule has 0 saturated heterocycles. The fourth-order valence-electron chi connectivity index (χ4n) is 6.82. The van der Waals surface area contributed by atoms with Crippen LogP contribution in [0.15, 0.2) is 48.6 Å². The van der Waals surface area contributed by atoms with Crippen LogP contribution in [0.4, 0.5) is 0 Å². The Morgan fingerprint density at radius 3 is 0.683 bits per heavy atom. The molecule has 0 radical (unpaired) electrons. The quantitative estimate of drug-likeness (QED) is 0.0416. The van der Waals surface area contributed by atoms with Gasteiger partial charge in [-0.15, -0.1) is 0 Å². The van der Waals surface area contributed by atoms with Crippen molar-refractivity contribution in [1.29, 1.82) is 0 Å². The number of carbonyl (C=O) groups is 3. The molecule has 352 valence electrons. The van der Waals surface area contributed by atoms with Crippen LogP contribution >= 0.6 is 0 Å². The summed E-state index contributed by atoms with van der Waals surface area (Å²) < 4.78 is 0. The van der Waals surface area contributed by atoms with E-state index in [1.165, 1.54) is 173 Å². The van der Waals surface area contributed by atoms with Crippen LogP contribution in [0.3, 0.4) is 0 Å². The first kappa shape index (κ1) is 61.7. The third-order valence-corrected chi connectivity index (χ3v) is 10.7. The Morgan fingerprint density at radius 1 is 0.267 bits per heavy atom. The van der Waals surface area contributed by atoms with Gasteiger partial charge >= 0.3 is 17.9 Å². The van der Waals surface area contributed by atoms with Gasteiger partial charge in [0.05, 0.1) is 0 Å². The van der Waals surface area contributed by atoms with E-state index in [-0.39, 0.29) is 0 Å². The lowest BCUT2D eigenvalue weighted by Crippen LogP contribution is -1.93. The molecule has 0 saturated carbocycles. The highest BCUT2D eigenvalue weighted by atomic mass is 16.4. The van der Waals surface area contributed by atoms with Crippen LogP contribution in [-0.2, 0) is 14.4 Å². The average Bonchev–Trinajstić information content (AvgIpc) is 3.22. The number of aliphatic carboxylic acids is 3. The zero-order valence-corrected chi connectivity index (χ0v) is 40.0. The molecule has 0 aliphatic carbocycles. The van der Waals surface area contributed by atoms with Gasteiger partial charge in [0.15, 0.2) is 0 Å². The van der Waals surface area contributed by atoms with E-state index >= 15 is 0 Å². The summed E-state index contributed by atoms with van der Waals surface area (Å²) in [6.07, 6.45) is 64.8. The highest BCUT2D eigenvalue weighted by Gasteiger charge is 1.99. The van der Waals surface area contributed by atoms with Gasteiger partial charge in [0.25, 0.3) is 0 Å². The van der Waals surface area contributed by atoms with Gasteiger partial charge in [-0.1, -0.05) is 223 Å². The summed E-state index contributed by atoms with van der Waals surface area (Å²) in [6, 6.07) is 0. The van der Waals surface area contributed by atoms with Crippen molar-refractivity contribution in [2.75, 3.05) is 0 Å². The van der Waals surface area contributed by atoms with Crippen molar-refractivity contribution in [3.05, 3.63) is 48.6 Å². The van der Waals surface area contributed by atoms with Crippen molar-refractivity contribution < 1.29 is 29.7 Å². The normalized spacial score (nSPS) is 11.4. The molecule has 0 aliphatic heterocycles. The molecule has 0 heterocycles. The molecule has 60 heavy (non-hydrogen) atoms. The molecular weight excluding hydrogens is 745 g/mol. The van der Waals surface area contributed by atoms with Crippen molar-refractivity contribution in [3.63, 3.8) is 0 Å². The number of rotatable bonds is 44. The molecule has 0 amide bonds. The van der Waals surface area contributed by atoms with E-state index in [2.05, 4.69) is 69.4 Å². The average molecular weight is 845 g/mol. The lowest BCUT2D eigenvalue weighted by molar-refractivity contribution is -0.138. The summed E-state index contributed by atoms with van der Waals surface area (Å²) in [5.74, 6) is -1.99. The van der Waals surface area contributed by atoms with E-state index in [4.69, 9.17) is 15.3 Å². The van der Waals surface area contributed by atoms with Gasteiger partial charge in [-0.3, -0.25) is 14.4 Å². The fourth-order valence-corrected chi connectivity index (χ4v) is 6.82.